The Labute approximate surface area is 92.6 Å². The minimum atomic E-state index is -1.03. The number of nitrogens with one attached hydrogen (secondary N) is 1. The minimum absolute atomic E-state index is 0.00249. The molecule has 2 rings (SSSR count). The van der Waals surface area contributed by atoms with Crippen LogP contribution in [0.4, 0.5) is 5.69 Å². The van der Waals surface area contributed by atoms with Gasteiger partial charge in [0.15, 0.2) is 0 Å². The molecule has 0 saturated heterocycles. The fourth-order valence-corrected chi connectivity index (χ4v) is 1.69. The minimum Gasteiger partial charge on any atom is -0.478 e. The predicted octanol–water partition coefficient (Wildman–Crippen LogP) is 1.67. The Morgan fingerprint density at radius 2 is 2.12 bits per heavy atom. The summed E-state index contributed by atoms with van der Waals surface area (Å²) in [5.74, 6) is -1.03. The molecule has 4 nitrogen and oxygen atoms in total. The van der Waals surface area contributed by atoms with Crippen molar-refractivity contribution in [3.63, 3.8) is 0 Å². The normalized spacial score (nSPS) is 13.9. The first-order valence-electron chi connectivity index (χ1n) is 4.93. The molecule has 0 fully saturated rings. The molecule has 1 aromatic rings. The fraction of sp³-hybridized carbons (Fsp3) is 0.167. The third-order valence-corrected chi connectivity index (χ3v) is 2.61. The molecule has 1 heterocycles. The largest absolute Gasteiger partial charge is 0.478 e. The van der Waals surface area contributed by atoms with E-state index in [2.05, 4.69) is 11.9 Å². The van der Waals surface area contributed by atoms with Gasteiger partial charge in [-0.25, -0.2) is 4.79 Å². The van der Waals surface area contributed by atoms with Crippen LogP contribution < -0.4 is 5.32 Å². The number of carboxylic acid groups (broad SMARTS) is 1. The molecular formula is C12H11NO3. The molecule has 16 heavy (non-hydrogen) atoms. The lowest BCUT2D eigenvalue weighted by molar-refractivity contribution is -0.130. The van der Waals surface area contributed by atoms with E-state index in [0.717, 1.165) is 11.3 Å². The summed E-state index contributed by atoms with van der Waals surface area (Å²) in [5.41, 5.74) is 2.37. The van der Waals surface area contributed by atoms with E-state index in [4.69, 9.17) is 5.11 Å². The molecule has 0 radical (unpaired) electrons. The highest BCUT2D eigenvalue weighted by Crippen LogP contribution is 2.26. The van der Waals surface area contributed by atoms with Crippen LogP contribution in [0.2, 0.25) is 0 Å². The van der Waals surface area contributed by atoms with Gasteiger partial charge < -0.3 is 10.4 Å². The summed E-state index contributed by atoms with van der Waals surface area (Å²) < 4.78 is 0. The molecule has 0 spiro atoms. The van der Waals surface area contributed by atoms with E-state index in [0.29, 0.717) is 18.4 Å². The lowest BCUT2D eigenvalue weighted by atomic mass is 9.97. The molecule has 0 bridgehead atoms. The smallest absolute Gasteiger partial charge is 0.335 e. The van der Waals surface area contributed by atoms with Gasteiger partial charge in [-0.3, -0.25) is 4.79 Å². The summed E-state index contributed by atoms with van der Waals surface area (Å²) in [6, 6.07) is 5.14. The number of amides is 1. The molecule has 0 unspecified atom stereocenters. The van der Waals surface area contributed by atoms with Crippen molar-refractivity contribution < 1.29 is 14.7 Å². The standard InChI is InChI=1S/C12H11NO3/c1-7(12(15)16)8-2-4-10-9(6-8)3-5-11(14)13-10/h2,4,6H,1,3,5H2,(H,13,14)(H,15,16). The van der Waals surface area contributed by atoms with Crippen LogP contribution in [0.3, 0.4) is 0 Å². The average molecular weight is 217 g/mol. The van der Waals surface area contributed by atoms with Crippen LogP contribution in [-0.4, -0.2) is 17.0 Å². The summed E-state index contributed by atoms with van der Waals surface area (Å²) in [5, 5.41) is 11.6. The van der Waals surface area contributed by atoms with E-state index < -0.39 is 5.97 Å². The zero-order valence-corrected chi connectivity index (χ0v) is 8.62. The number of rotatable bonds is 2. The number of carbonyl (C=O) groups is 2. The van der Waals surface area contributed by atoms with Crippen LogP contribution in [0.15, 0.2) is 24.8 Å². The SMILES string of the molecule is C=C(C(=O)O)c1ccc2c(c1)CCC(=O)N2. The van der Waals surface area contributed by atoms with Crippen molar-refractivity contribution in [1.29, 1.82) is 0 Å². The van der Waals surface area contributed by atoms with Crippen molar-refractivity contribution in [2.24, 2.45) is 0 Å². The van der Waals surface area contributed by atoms with Crippen molar-refractivity contribution in [2.45, 2.75) is 12.8 Å². The average Bonchev–Trinajstić information content (AvgIpc) is 2.27. The molecule has 1 amide bonds. The highest BCUT2D eigenvalue weighted by Gasteiger charge is 2.16. The summed E-state index contributed by atoms with van der Waals surface area (Å²) in [6.07, 6.45) is 1.08. The zero-order chi connectivity index (χ0) is 11.7. The van der Waals surface area contributed by atoms with Gasteiger partial charge in [0.05, 0.1) is 5.57 Å². The highest BCUT2D eigenvalue weighted by molar-refractivity contribution is 6.14. The van der Waals surface area contributed by atoms with Gasteiger partial charge in [0, 0.05) is 12.1 Å². The molecule has 1 aliphatic heterocycles. The zero-order valence-electron chi connectivity index (χ0n) is 8.62. The number of aryl methyl sites for hydroxylation is 1. The van der Waals surface area contributed by atoms with E-state index in [1.165, 1.54) is 0 Å². The van der Waals surface area contributed by atoms with E-state index in [1.54, 1.807) is 18.2 Å². The Morgan fingerprint density at radius 1 is 1.38 bits per heavy atom. The molecule has 0 saturated carbocycles. The van der Waals surface area contributed by atoms with Crippen LogP contribution in [0, 0.1) is 0 Å². The van der Waals surface area contributed by atoms with E-state index in [1.807, 2.05) is 0 Å². The summed E-state index contributed by atoms with van der Waals surface area (Å²) in [4.78, 5) is 21.9. The molecule has 1 aromatic carbocycles. The van der Waals surface area contributed by atoms with Gasteiger partial charge in [0.1, 0.15) is 0 Å². The Hall–Kier alpha value is -2.10. The Bertz CT molecular complexity index is 491. The van der Waals surface area contributed by atoms with Gasteiger partial charge in [-0.1, -0.05) is 12.6 Å². The van der Waals surface area contributed by atoms with Crippen LogP contribution in [0.5, 0.6) is 0 Å². The van der Waals surface area contributed by atoms with E-state index in [-0.39, 0.29) is 11.5 Å². The number of anilines is 1. The van der Waals surface area contributed by atoms with Crippen LogP contribution in [-0.2, 0) is 16.0 Å². The second-order valence-electron chi connectivity index (χ2n) is 3.70. The van der Waals surface area contributed by atoms with E-state index >= 15 is 0 Å². The van der Waals surface area contributed by atoms with Gasteiger partial charge in [0.2, 0.25) is 5.91 Å². The van der Waals surface area contributed by atoms with Crippen LogP contribution >= 0.6 is 0 Å². The maximum atomic E-state index is 11.1. The number of fused-ring (bicyclic) bond motifs is 1. The van der Waals surface area contributed by atoms with Gasteiger partial charge in [0.25, 0.3) is 0 Å². The third kappa shape index (κ3) is 1.82. The highest BCUT2D eigenvalue weighted by atomic mass is 16.4. The summed E-state index contributed by atoms with van der Waals surface area (Å²) in [7, 11) is 0. The van der Waals surface area contributed by atoms with Crippen molar-refractivity contribution in [1.82, 2.24) is 0 Å². The fourth-order valence-electron chi connectivity index (χ4n) is 1.69. The van der Waals surface area contributed by atoms with Crippen molar-refractivity contribution in [2.75, 3.05) is 5.32 Å². The first-order chi connectivity index (χ1) is 7.58. The number of hydrogen-bond donors (Lipinski definition) is 2. The first kappa shape index (κ1) is 10.4. The molecule has 2 N–H and O–H groups in total. The third-order valence-electron chi connectivity index (χ3n) is 2.61. The first-order valence-corrected chi connectivity index (χ1v) is 4.93. The Balaban J connectivity index is 2.36. The van der Waals surface area contributed by atoms with Crippen molar-refractivity contribution >= 4 is 23.1 Å². The van der Waals surface area contributed by atoms with Gasteiger partial charge in [-0.15, -0.1) is 0 Å². The number of carboxylic acids is 1. The number of hydrogen-bond acceptors (Lipinski definition) is 2. The Kier molecular flexibility index (Phi) is 2.48. The molecular weight excluding hydrogens is 206 g/mol. The number of aliphatic carboxylic acids is 1. The predicted molar refractivity (Wildman–Crippen MR) is 60.1 cm³/mol. The van der Waals surface area contributed by atoms with E-state index in [9.17, 15) is 9.59 Å². The monoisotopic (exact) mass is 217 g/mol. The van der Waals surface area contributed by atoms with Gasteiger partial charge >= 0.3 is 5.97 Å². The van der Waals surface area contributed by atoms with Crippen LogP contribution in [0.25, 0.3) is 5.57 Å². The van der Waals surface area contributed by atoms with Gasteiger partial charge in [-0.2, -0.15) is 0 Å². The lowest BCUT2D eigenvalue weighted by Crippen LogP contribution is -2.19. The Morgan fingerprint density at radius 3 is 2.81 bits per heavy atom. The summed E-state index contributed by atoms with van der Waals surface area (Å²) >= 11 is 0. The molecule has 4 heteroatoms. The molecule has 0 aromatic heterocycles. The molecule has 1 aliphatic rings. The quantitative estimate of drug-likeness (QED) is 0.740. The maximum absolute atomic E-state index is 11.1. The molecule has 0 atom stereocenters. The van der Waals surface area contributed by atoms with Crippen molar-refractivity contribution in [3.8, 4) is 0 Å². The van der Waals surface area contributed by atoms with Crippen LogP contribution in [0.1, 0.15) is 17.5 Å². The number of carbonyl (C=O) groups excluding carboxylic acids is 1. The van der Waals surface area contributed by atoms with Crippen molar-refractivity contribution in [3.05, 3.63) is 35.9 Å². The second kappa shape index (κ2) is 3.81. The second-order valence-corrected chi connectivity index (χ2v) is 3.70. The molecule has 0 aliphatic carbocycles. The lowest BCUT2D eigenvalue weighted by Gasteiger charge is -2.17. The van der Waals surface area contributed by atoms with Gasteiger partial charge in [-0.05, 0) is 29.7 Å². The number of benzene rings is 1. The topological polar surface area (TPSA) is 66.4 Å². The molecule has 82 valence electrons. The maximum Gasteiger partial charge on any atom is 0.335 e. The summed E-state index contributed by atoms with van der Waals surface area (Å²) in [6.45, 7) is 3.50.